The molecule has 1 heterocycles. The van der Waals surface area contributed by atoms with Gasteiger partial charge in [-0.05, 0) is 32.0 Å². The van der Waals surface area contributed by atoms with Gasteiger partial charge in [-0.1, -0.05) is 0 Å². The average Bonchev–Trinajstić information content (AvgIpc) is 2.65. The highest BCUT2D eigenvalue weighted by atomic mass is 32.2. The Morgan fingerprint density at radius 1 is 1.25 bits per heavy atom. The average molecular weight is 413 g/mol. The SMILES string of the molecule is CC(C)OC(=O)CNC(=O)c1cc(S(=O)(=O)N(C)C)ccc1N1CCOCC1. The number of rotatable bonds is 7. The molecule has 156 valence electrons. The maximum atomic E-state index is 12.8. The Kier molecular flexibility index (Phi) is 7.39. The molecule has 0 aliphatic carbocycles. The number of hydrogen-bond acceptors (Lipinski definition) is 7. The Morgan fingerprint density at radius 3 is 2.46 bits per heavy atom. The van der Waals surface area contributed by atoms with E-state index in [9.17, 15) is 18.0 Å². The number of carbonyl (C=O) groups is 2. The van der Waals surface area contributed by atoms with E-state index in [2.05, 4.69) is 5.32 Å². The fourth-order valence-electron chi connectivity index (χ4n) is 2.70. The molecular formula is C18H27N3O6S. The van der Waals surface area contributed by atoms with Gasteiger partial charge in [-0.2, -0.15) is 0 Å². The van der Waals surface area contributed by atoms with Crippen molar-refractivity contribution in [3.63, 3.8) is 0 Å². The zero-order valence-electron chi connectivity index (χ0n) is 16.6. The first-order chi connectivity index (χ1) is 13.1. The van der Waals surface area contributed by atoms with E-state index < -0.39 is 21.9 Å². The number of ether oxygens (including phenoxy) is 2. The van der Waals surface area contributed by atoms with Gasteiger partial charge in [-0.3, -0.25) is 9.59 Å². The molecule has 1 N–H and O–H groups in total. The lowest BCUT2D eigenvalue weighted by Gasteiger charge is -2.30. The zero-order chi connectivity index (χ0) is 20.9. The molecular weight excluding hydrogens is 386 g/mol. The summed E-state index contributed by atoms with van der Waals surface area (Å²) in [7, 11) is -0.862. The molecule has 0 spiro atoms. The van der Waals surface area contributed by atoms with E-state index in [0.29, 0.717) is 32.0 Å². The minimum Gasteiger partial charge on any atom is -0.462 e. The highest BCUT2D eigenvalue weighted by molar-refractivity contribution is 7.89. The van der Waals surface area contributed by atoms with Crippen LogP contribution in [0.3, 0.4) is 0 Å². The van der Waals surface area contributed by atoms with Gasteiger partial charge in [0.15, 0.2) is 0 Å². The van der Waals surface area contributed by atoms with Crippen LogP contribution in [0.4, 0.5) is 5.69 Å². The summed E-state index contributed by atoms with van der Waals surface area (Å²) < 4.78 is 36.4. The molecule has 1 fully saturated rings. The van der Waals surface area contributed by atoms with Gasteiger partial charge in [0.2, 0.25) is 10.0 Å². The van der Waals surface area contributed by atoms with Crippen molar-refractivity contribution < 1.29 is 27.5 Å². The van der Waals surface area contributed by atoms with Crippen LogP contribution in [0.1, 0.15) is 24.2 Å². The molecule has 1 aliphatic heterocycles. The standard InChI is InChI=1S/C18H27N3O6S/c1-13(2)27-17(22)12-19-18(23)15-11-14(28(24,25)20(3)4)5-6-16(15)21-7-9-26-10-8-21/h5-6,11,13H,7-10,12H2,1-4H3,(H,19,23). The van der Waals surface area contributed by atoms with Crippen molar-refractivity contribution in [2.75, 3.05) is 51.8 Å². The van der Waals surface area contributed by atoms with Crippen LogP contribution in [0.15, 0.2) is 23.1 Å². The van der Waals surface area contributed by atoms with Gasteiger partial charge >= 0.3 is 5.97 Å². The second-order valence-electron chi connectivity index (χ2n) is 6.79. The smallest absolute Gasteiger partial charge is 0.325 e. The number of benzene rings is 1. The van der Waals surface area contributed by atoms with Crippen LogP contribution in [0.2, 0.25) is 0 Å². The molecule has 0 aromatic heterocycles. The van der Waals surface area contributed by atoms with Crippen LogP contribution >= 0.6 is 0 Å². The highest BCUT2D eigenvalue weighted by Crippen LogP contribution is 2.26. The van der Waals surface area contributed by atoms with Gasteiger partial charge in [0.1, 0.15) is 6.54 Å². The van der Waals surface area contributed by atoms with Crippen molar-refractivity contribution in [1.29, 1.82) is 0 Å². The number of amides is 1. The van der Waals surface area contributed by atoms with E-state index in [1.807, 2.05) is 4.90 Å². The van der Waals surface area contributed by atoms with Gasteiger partial charge in [0.05, 0.1) is 29.8 Å². The van der Waals surface area contributed by atoms with Crippen LogP contribution in [0.5, 0.6) is 0 Å². The predicted molar refractivity (Wildman–Crippen MR) is 104 cm³/mol. The molecule has 0 saturated carbocycles. The Labute approximate surface area is 165 Å². The first-order valence-electron chi connectivity index (χ1n) is 9.00. The van der Waals surface area contributed by atoms with Crippen molar-refractivity contribution >= 4 is 27.6 Å². The highest BCUT2D eigenvalue weighted by Gasteiger charge is 2.24. The Bertz CT molecular complexity index is 817. The normalized spacial score (nSPS) is 15.0. The number of carbonyl (C=O) groups excluding carboxylic acids is 2. The maximum Gasteiger partial charge on any atom is 0.325 e. The van der Waals surface area contributed by atoms with E-state index in [1.165, 1.54) is 26.2 Å². The summed E-state index contributed by atoms with van der Waals surface area (Å²) in [6.07, 6.45) is -0.290. The number of esters is 1. The quantitative estimate of drug-likeness (QED) is 0.647. The molecule has 10 heteroatoms. The topological polar surface area (TPSA) is 105 Å². The molecule has 9 nitrogen and oxygen atoms in total. The second-order valence-corrected chi connectivity index (χ2v) is 8.94. The van der Waals surface area contributed by atoms with Crippen molar-refractivity contribution in [3.8, 4) is 0 Å². The minimum atomic E-state index is -3.71. The molecule has 1 saturated heterocycles. The number of sulfonamides is 1. The summed E-state index contributed by atoms with van der Waals surface area (Å²) in [5, 5.41) is 2.51. The Hall–Kier alpha value is -2.17. The maximum absolute atomic E-state index is 12.8. The third kappa shape index (κ3) is 5.43. The Balaban J connectivity index is 2.33. The van der Waals surface area contributed by atoms with Crippen LogP contribution in [0.25, 0.3) is 0 Å². The summed E-state index contributed by atoms with van der Waals surface area (Å²) >= 11 is 0. The number of anilines is 1. The number of hydrogen-bond donors (Lipinski definition) is 1. The number of nitrogens with one attached hydrogen (secondary N) is 1. The van der Waals surface area contributed by atoms with Crippen molar-refractivity contribution in [3.05, 3.63) is 23.8 Å². The first kappa shape index (κ1) is 22.1. The van der Waals surface area contributed by atoms with Crippen LogP contribution in [-0.2, 0) is 24.3 Å². The van der Waals surface area contributed by atoms with Crippen LogP contribution in [0, 0.1) is 0 Å². The fourth-order valence-corrected chi connectivity index (χ4v) is 3.63. The van der Waals surface area contributed by atoms with E-state index in [-0.39, 0.29) is 23.1 Å². The van der Waals surface area contributed by atoms with Gasteiger partial charge in [-0.15, -0.1) is 0 Å². The third-order valence-corrected chi connectivity index (χ3v) is 5.91. The summed E-state index contributed by atoms with van der Waals surface area (Å²) in [6, 6.07) is 4.43. The van der Waals surface area contributed by atoms with Crippen molar-refractivity contribution in [2.24, 2.45) is 0 Å². The van der Waals surface area contributed by atoms with Gasteiger partial charge < -0.3 is 19.7 Å². The monoisotopic (exact) mass is 413 g/mol. The molecule has 0 unspecified atom stereocenters. The molecule has 0 atom stereocenters. The molecule has 0 bridgehead atoms. The van der Waals surface area contributed by atoms with Gasteiger partial charge in [0, 0.05) is 32.9 Å². The third-order valence-electron chi connectivity index (χ3n) is 4.10. The van der Waals surface area contributed by atoms with Gasteiger partial charge in [-0.25, -0.2) is 12.7 Å². The lowest BCUT2D eigenvalue weighted by molar-refractivity contribution is -0.146. The lowest BCUT2D eigenvalue weighted by Crippen LogP contribution is -2.38. The molecule has 1 aliphatic rings. The van der Waals surface area contributed by atoms with E-state index >= 15 is 0 Å². The van der Waals surface area contributed by atoms with E-state index in [4.69, 9.17) is 9.47 Å². The first-order valence-corrected chi connectivity index (χ1v) is 10.4. The molecule has 0 radical (unpaired) electrons. The predicted octanol–water partition coefficient (Wildman–Crippen LogP) is 0.455. The second kappa shape index (κ2) is 9.35. The van der Waals surface area contributed by atoms with Crippen LogP contribution < -0.4 is 10.2 Å². The lowest BCUT2D eigenvalue weighted by atomic mass is 10.1. The molecule has 1 amide bonds. The largest absolute Gasteiger partial charge is 0.462 e. The van der Waals surface area contributed by atoms with E-state index in [0.717, 1.165) is 4.31 Å². The molecule has 2 rings (SSSR count). The summed E-state index contributed by atoms with van der Waals surface area (Å²) in [5.41, 5.74) is 0.776. The van der Waals surface area contributed by atoms with Crippen LogP contribution in [-0.4, -0.2) is 77.6 Å². The summed E-state index contributed by atoms with van der Waals surface area (Å²) in [4.78, 5) is 26.4. The summed E-state index contributed by atoms with van der Waals surface area (Å²) in [6.45, 7) is 5.31. The van der Waals surface area contributed by atoms with Gasteiger partial charge in [0.25, 0.3) is 5.91 Å². The molecule has 1 aromatic rings. The molecule has 28 heavy (non-hydrogen) atoms. The van der Waals surface area contributed by atoms with Crippen molar-refractivity contribution in [2.45, 2.75) is 24.8 Å². The van der Waals surface area contributed by atoms with E-state index in [1.54, 1.807) is 19.9 Å². The molecule has 1 aromatic carbocycles. The zero-order valence-corrected chi connectivity index (χ0v) is 17.4. The number of nitrogens with zero attached hydrogens (tertiary/aromatic N) is 2. The van der Waals surface area contributed by atoms with Crippen molar-refractivity contribution in [1.82, 2.24) is 9.62 Å². The fraction of sp³-hybridized carbons (Fsp3) is 0.556. The number of morpholine rings is 1. The summed E-state index contributed by atoms with van der Waals surface area (Å²) in [5.74, 6) is -1.11. The minimum absolute atomic E-state index is 0.00409. The Morgan fingerprint density at radius 2 is 1.89 bits per heavy atom.